The number of carbonyl (C=O) groups is 1. The molecule has 19 heavy (non-hydrogen) atoms. The molecular weight excluding hydrogens is 248 g/mol. The van der Waals surface area contributed by atoms with Gasteiger partial charge in [-0.15, -0.1) is 0 Å². The molecule has 0 N–H and O–H groups in total. The zero-order chi connectivity index (χ0) is 14.0. The van der Waals surface area contributed by atoms with Crippen molar-refractivity contribution >= 4 is 22.6 Å². The van der Waals surface area contributed by atoms with Gasteiger partial charge in [0.05, 0.1) is 10.3 Å². The van der Waals surface area contributed by atoms with Crippen molar-refractivity contribution in [3.05, 3.63) is 46.5 Å². The van der Waals surface area contributed by atoms with Crippen LogP contribution in [0.3, 0.4) is 0 Å². The largest absolute Gasteiger partial charge is 0.414 e. The molecule has 0 aliphatic carbocycles. The maximum absolute atomic E-state index is 11.5. The molecule has 0 aliphatic rings. The molecule has 1 amide bonds. The van der Waals surface area contributed by atoms with E-state index in [9.17, 15) is 14.9 Å². The molecule has 0 aromatic heterocycles. The number of nitro groups is 1. The van der Waals surface area contributed by atoms with Gasteiger partial charge in [0.1, 0.15) is 5.75 Å². The monoisotopic (exact) mass is 260 g/mol. The Bertz CT molecular complexity index is 652. The zero-order valence-corrected chi connectivity index (χ0v) is 10.5. The third kappa shape index (κ3) is 2.47. The van der Waals surface area contributed by atoms with Crippen LogP contribution >= 0.6 is 0 Å². The quantitative estimate of drug-likeness (QED) is 0.614. The van der Waals surface area contributed by atoms with E-state index < -0.39 is 11.0 Å². The van der Waals surface area contributed by atoms with Crippen molar-refractivity contribution in [2.24, 2.45) is 0 Å². The molecule has 0 heterocycles. The molecule has 0 radical (unpaired) electrons. The first-order valence-corrected chi connectivity index (χ1v) is 5.56. The minimum absolute atomic E-state index is 0.0137. The van der Waals surface area contributed by atoms with Crippen LogP contribution in [0.4, 0.5) is 10.5 Å². The summed E-state index contributed by atoms with van der Waals surface area (Å²) < 4.78 is 5.19. The van der Waals surface area contributed by atoms with E-state index in [1.165, 1.54) is 17.0 Å². The number of hydrogen-bond donors (Lipinski definition) is 0. The molecule has 0 saturated heterocycles. The summed E-state index contributed by atoms with van der Waals surface area (Å²) in [5, 5.41) is 11.9. The summed E-state index contributed by atoms with van der Waals surface area (Å²) in [6, 6.07) is 9.51. The van der Waals surface area contributed by atoms with Crippen LogP contribution < -0.4 is 4.74 Å². The normalized spacial score (nSPS) is 10.2. The van der Waals surface area contributed by atoms with Crippen LogP contribution in [0.25, 0.3) is 10.8 Å². The van der Waals surface area contributed by atoms with Crippen molar-refractivity contribution in [3.63, 3.8) is 0 Å². The smallest absolute Gasteiger partial charge is 0.410 e. The lowest BCUT2D eigenvalue weighted by Gasteiger charge is -2.12. The van der Waals surface area contributed by atoms with Crippen molar-refractivity contribution in [3.8, 4) is 5.75 Å². The molecule has 0 aliphatic heterocycles. The van der Waals surface area contributed by atoms with Gasteiger partial charge in [0, 0.05) is 25.5 Å². The highest BCUT2D eigenvalue weighted by molar-refractivity contribution is 5.96. The number of fused-ring (bicyclic) bond motifs is 1. The number of hydrogen-bond acceptors (Lipinski definition) is 4. The van der Waals surface area contributed by atoms with E-state index in [2.05, 4.69) is 0 Å². The number of nitrogens with zero attached hydrogens (tertiary/aromatic N) is 2. The lowest BCUT2D eigenvalue weighted by atomic mass is 10.1. The molecule has 98 valence electrons. The fourth-order valence-corrected chi connectivity index (χ4v) is 1.69. The van der Waals surface area contributed by atoms with Gasteiger partial charge in [-0.05, 0) is 12.1 Å². The number of non-ortho nitro benzene ring substituents is 1. The maximum Gasteiger partial charge on any atom is 0.414 e. The SMILES string of the molecule is CN(C)C(=O)Oc1ccc([N+](=O)[O-])c2ccccc12. The van der Waals surface area contributed by atoms with Crippen LogP contribution in [0, 0.1) is 10.1 Å². The topological polar surface area (TPSA) is 72.7 Å². The molecule has 0 saturated carbocycles. The average Bonchev–Trinajstić information content (AvgIpc) is 2.38. The molecule has 6 nitrogen and oxygen atoms in total. The predicted octanol–water partition coefficient (Wildman–Crippen LogP) is 2.81. The molecule has 2 rings (SSSR count). The summed E-state index contributed by atoms with van der Waals surface area (Å²) in [5.74, 6) is 0.305. The van der Waals surface area contributed by atoms with Crippen molar-refractivity contribution in [2.45, 2.75) is 0 Å². The highest BCUT2D eigenvalue weighted by Crippen LogP contribution is 2.32. The Hall–Kier alpha value is -2.63. The lowest BCUT2D eigenvalue weighted by Crippen LogP contribution is -2.25. The fraction of sp³-hybridized carbons (Fsp3) is 0.154. The Morgan fingerprint density at radius 1 is 1.16 bits per heavy atom. The molecule has 0 spiro atoms. The standard InChI is InChI=1S/C13H12N2O4/c1-14(2)13(16)19-12-8-7-11(15(17)18)9-5-3-4-6-10(9)12/h3-8H,1-2H3. The van der Waals surface area contributed by atoms with Gasteiger partial charge in [0.2, 0.25) is 0 Å². The van der Waals surface area contributed by atoms with E-state index in [1.807, 2.05) is 0 Å². The Morgan fingerprint density at radius 2 is 1.79 bits per heavy atom. The van der Waals surface area contributed by atoms with Crippen molar-refractivity contribution < 1.29 is 14.5 Å². The van der Waals surface area contributed by atoms with Crippen LogP contribution in [-0.2, 0) is 0 Å². The Kier molecular flexibility index (Phi) is 3.33. The van der Waals surface area contributed by atoms with Crippen molar-refractivity contribution in [1.29, 1.82) is 0 Å². The summed E-state index contributed by atoms with van der Waals surface area (Å²) in [5.41, 5.74) is -0.0137. The number of amides is 1. The number of ether oxygens (including phenoxy) is 1. The first kappa shape index (κ1) is 12.8. The van der Waals surface area contributed by atoms with Gasteiger partial charge in [-0.2, -0.15) is 0 Å². The van der Waals surface area contributed by atoms with E-state index in [1.54, 1.807) is 38.4 Å². The fourth-order valence-electron chi connectivity index (χ4n) is 1.69. The average molecular weight is 260 g/mol. The molecule has 0 unspecified atom stereocenters. The van der Waals surface area contributed by atoms with Gasteiger partial charge in [-0.1, -0.05) is 18.2 Å². The second kappa shape index (κ2) is 4.93. The van der Waals surface area contributed by atoms with Gasteiger partial charge in [0.25, 0.3) is 5.69 Å². The minimum Gasteiger partial charge on any atom is -0.410 e. The zero-order valence-electron chi connectivity index (χ0n) is 10.5. The summed E-state index contributed by atoms with van der Waals surface area (Å²) >= 11 is 0. The Labute approximate surface area is 109 Å². The van der Waals surface area contributed by atoms with E-state index in [-0.39, 0.29) is 5.69 Å². The highest BCUT2D eigenvalue weighted by Gasteiger charge is 2.16. The molecular formula is C13H12N2O4. The predicted molar refractivity (Wildman–Crippen MR) is 70.3 cm³/mol. The molecule has 2 aromatic carbocycles. The Balaban J connectivity index is 2.56. The Morgan fingerprint density at radius 3 is 2.37 bits per heavy atom. The summed E-state index contributed by atoms with van der Waals surface area (Å²) in [6.07, 6.45) is -0.529. The van der Waals surface area contributed by atoms with Gasteiger partial charge in [0.15, 0.2) is 0 Å². The van der Waals surface area contributed by atoms with Crippen LogP contribution in [-0.4, -0.2) is 30.0 Å². The van der Waals surface area contributed by atoms with Crippen LogP contribution in [0.15, 0.2) is 36.4 Å². The van der Waals surface area contributed by atoms with E-state index in [0.29, 0.717) is 16.5 Å². The number of nitro benzene ring substituents is 1. The van der Waals surface area contributed by atoms with Crippen LogP contribution in [0.5, 0.6) is 5.75 Å². The molecule has 2 aromatic rings. The molecule has 0 bridgehead atoms. The summed E-state index contributed by atoms with van der Waals surface area (Å²) in [6.45, 7) is 0. The van der Waals surface area contributed by atoms with E-state index in [0.717, 1.165) is 0 Å². The minimum atomic E-state index is -0.529. The maximum atomic E-state index is 11.5. The van der Waals surface area contributed by atoms with Gasteiger partial charge in [-0.3, -0.25) is 10.1 Å². The third-order valence-corrected chi connectivity index (χ3v) is 2.62. The second-order valence-corrected chi connectivity index (χ2v) is 4.15. The lowest BCUT2D eigenvalue weighted by molar-refractivity contribution is -0.383. The van der Waals surface area contributed by atoms with Gasteiger partial charge in [-0.25, -0.2) is 4.79 Å². The number of carbonyl (C=O) groups excluding carboxylic acids is 1. The summed E-state index contributed by atoms with van der Waals surface area (Å²) in [4.78, 5) is 23.3. The van der Waals surface area contributed by atoms with Crippen LogP contribution in [0.2, 0.25) is 0 Å². The highest BCUT2D eigenvalue weighted by atomic mass is 16.6. The number of rotatable bonds is 2. The van der Waals surface area contributed by atoms with Crippen molar-refractivity contribution in [1.82, 2.24) is 4.90 Å². The third-order valence-electron chi connectivity index (χ3n) is 2.62. The molecule has 0 fully saturated rings. The van der Waals surface area contributed by atoms with E-state index in [4.69, 9.17) is 4.74 Å². The summed E-state index contributed by atoms with van der Waals surface area (Å²) in [7, 11) is 3.13. The second-order valence-electron chi connectivity index (χ2n) is 4.15. The number of benzene rings is 2. The van der Waals surface area contributed by atoms with E-state index >= 15 is 0 Å². The first-order valence-electron chi connectivity index (χ1n) is 5.56. The van der Waals surface area contributed by atoms with Gasteiger partial charge >= 0.3 is 6.09 Å². The molecule has 6 heteroatoms. The van der Waals surface area contributed by atoms with Gasteiger partial charge < -0.3 is 9.64 Å². The first-order chi connectivity index (χ1) is 9.00. The van der Waals surface area contributed by atoms with Crippen molar-refractivity contribution in [2.75, 3.05) is 14.1 Å². The molecule has 0 atom stereocenters. The van der Waals surface area contributed by atoms with Crippen LogP contribution in [0.1, 0.15) is 0 Å².